The standard InChI is InChI=1S/C24H23FN4O2/c1-15(2)23-22(24(31)28-12-17-8-18(25)13-27-11-17)20-6-5-19(30)9-21(20)29(23)14-16-4-3-7-26-10-16/h3-11,13,15,30H,12,14H2,1-2H3,(H,28,31). The number of phenols is 1. The summed E-state index contributed by atoms with van der Waals surface area (Å²) in [5.74, 6) is -0.528. The van der Waals surface area contributed by atoms with Crippen LogP contribution in [0.2, 0.25) is 0 Å². The van der Waals surface area contributed by atoms with Crippen molar-refractivity contribution in [1.29, 1.82) is 0 Å². The Morgan fingerprint density at radius 2 is 1.94 bits per heavy atom. The van der Waals surface area contributed by atoms with Crippen LogP contribution in [0.3, 0.4) is 0 Å². The molecule has 0 saturated carbocycles. The van der Waals surface area contributed by atoms with E-state index in [9.17, 15) is 14.3 Å². The molecule has 4 aromatic rings. The molecule has 0 aliphatic rings. The minimum absolute atomic E-state index is 0.0443. The first-order valence-electron chi connectivity index (χ1n) is 10.1. The number of hydrogen-bond donors (Lipinski definition) is 2. The van der Waals surface area contributed by atoms with Gasteiger partial charge in [-0.1, -0.05) is 19.9 Å². The van der Waals surface area contributed by atoms with Gasteiger partial charge >= 0.3 is 0 Å². The van der Waals surface area contributed by atoms with Crippen molar-refractivity contribution >= 4 is 16.8 Å². The second-order valence-corrected chi connectivity index (χ2v) is 7.76. The number of carbonyl (C=O) groups excluding carboxylic acids is 1. The molecule has 1 amide bonds. The first kappa shape index (κ1) is 20.5. The largest absolute Gasteiger partial charge is 0.508 e. The number of amides is 1. The number of benzene rings is 1. The van der Waals surface area contributed by atoms with Gasteiger partial charge in [0.25, 0.3) is 5.91 Å². The zero-order valence-corrected chi connectivity index (χ0v) is 17.3. The average molecular weight is 418 g/mol. The van der Waals surface area contributed by atoms with E-state index in [-0.39, 0.29) is 24.1 Å². The Kier molecular flexibility index (Phi) is 5.66. The summed E-state index contributed by atoms with van der Waals surface area (Å²) in [6.45, 7) is 4.74. The van der Waals surface area contributed by atoms with Gasteiger partial charge in [-0.25, -0.2) is 4.39 Å². The first-order chi connectivity index (χ1) is 14.9. The predicted octanol–water partition coefficient (Wildman–Crippen LogP) is 4.38. The normalized spacial score (nSPS) is 11.2. The van der Waals surface area contributed by atoms with Crippen LogP contribution >= 0.6 is 0 Å². The van der Waals surface area contributed by atoms with Gasteiger partial charge in [-0.15, -0.1) is 0 Å². The predicted molar refractivity (Wildman–Crippen MR) is 116 cm³/mol. The van der Waals surface area contributed by atoms with Crippen LogP contribution in [0.5, 0.6) is 5.75 Å². The molecule has 0 saturated heterocycles. The number of aromatic nitrogens is 3. The molecule has 158 valence electrons. The Balaban J connectivity index is 1.78. The molecule has 0 spiro atoms. The van der Waals surface area contributed by atoms with E-state index < -0.39 is 5.82 Å². The number of fused-ring (bicyclic) bond motifs is 1. The van der Waals surface area contributed by atoms with Gasteiger partial charge in [0.15, 0.2) is 0 Å². The molecule has 0 aliphatic carbocycles. The van der Waals surface area contributed by atoms with Gasteiger partial charge in [-0.05, 0) is 41.3 Å². The fourth-order valence-corrected chi connectivity index (χ4v) is 3.86. The summed E-state index contributed by atoms with van der Waals surface area (Å²) in [5.41, 5.74) is 3.75. The molecule has 1 aromatic carbocycles. The number of phenolic OH excluding ortho intramolecular Hbond substituents is 1. The second-order valence-electron chi connectivity index (χ2n) is 7.76. The highest BCUT2D eigenvalue weighted by molar-refractivity contribution is 6.09. The molecule has 4 rings (SSSR count). The van der Waals surface area contributed by atoms with Gasteiger partial charge in [-0.2, -0.15) is 0 Å². The maximum absolute atomic E-state index is 13.4. The SMILES string of the molecule is CC(C)c1c(C(=O)NCc2cncc(F)c2)c2ccc(O)cc2n1Cc1cccnc1. The lowest BCUT2D eigenvalue weighted by atomic mass is 10.0. The van der Waals surface area contributed by atoms with Gasteiger partial charge < -0.3 is 15.0 Å². The van der Waals surface area contributed by atoms with Crippen molar-refractivity contribution in [1.82, 2.24) is 19.9 Å². The van der Waals surface area contributed by atoms with Crippen molar-refractivity contribution in [3.05, 3.63) is 89.4 Å². The minimum Gasteiger partial charge on any atom is -0.508 e. The summed E-state index contributed by atoms with van der Waals surface area (Å²) >= 11 is 0. The Hall–Kier alpha value is -3.74. The molecule has 0 fully saturated rings. The lowest BCUT2D eigenvalue weighted by Gasteiger charge is -2.15. The highest BCUT2D eigenvalue weighted by Gasteiger charge is 2.25. The number of carbonyl (C=O) groups is 1. The van der Waals surface area contributed by atoms with E-state index in [0.29, 0.717) is 17.7 Å². The van der Waals surface area contributed by atoms with E-state index in [1.807, 2.05) is 26.0 Å². The number of hydrogen-bond acceptors (Lipinski definition) is 4. The molecular weight excluding hydrogens is 395 g/mol. The molecule has 6 nitrogen and oxygen atoms in total. The van der Waals surface area contributed by atoms with Gasteiger partial charge in [0, 0.05) is 48.8 Å². The van der Waals surface area contributed by atoms with Crippen LogP contribution in [0.25, 0.3) is 10.9 Å². The number of pyridine rings is 2. The maximum atomic E-state index is 13.4. The molecule has 0 aliphatic heterocycles. The fraction of sp³-hybridized carbons (Fsp3) is 0.208. The molecule has 2 N–H and O–H groups in total. The van der Waals surface area contributed by atoms with Crippen LogP contribution in [0.1, 0.15) is 46.9 Å². The molecule has 3 heterocycles. The highest BCUT2D eigenvalue weighted by Crippen LogP contribution is 2.34. The highest BCUT2D eigenvalue weighted by atomic mass is 19.1. The van der Waals surface area contributed by atoms with Crippen molar-refractivity contribution in [3.63, 3.8) is 0 Å². The van der Waals surface area contributed by atoms with Crippen LogP contribution < -0.4 is 5.32 Å². The zero-order valence-electron chi connectivity index (χ0n) is 17.3. The van der Waals surface area contributed by atoms with E-state index in [2.05, 4.69) is 19.9 Å². The van der Waals surface area contributed by atoms with Crippen LogP contribution in [0, 0.1) is 5.82 Å². The quantitative estimate of drug-likeness (QED) is 0.487. The maximum Gasteiger partial charge on any atom is 0.254 e. The van der Waals surface area contributed by atoms with E-state index in [4.69, 9.17) is 0 Å². The Morgan fingerprint density at radius 3 is 2.65 bits per heavy atom. The lowest BCUT2D eigenvalue weighted by molar-refractivity contribution is 0.0951. The van der Waals surface area contributed by atoms with E-state index >= 15 is 0 Å². The van der Waals surface area contributed by atoms with Crippen molar-refractivity contribution < 1.29 is 14.3 Å². The summed E-state index contributed by atoms with van der Waals surface area (Å²) in [4.78, 5) is 21.3. The third kappa shape index (κ3) is 4.26. The minimum atomic E-state index is -0.446. The molecule has 0 bridgehead atoms. The third-order valence-corrected chi connectivity index (χ3v) is 5.14. The van der Waals surface area contributed by atoms with Crippen molar-refractivity contribution in [2.75, 3.05) is 0 Å². The van der Waals surface area contributed by atoms with Crippen LogP contribution in [0.15, 0.2) is 61.2 Å². The molecule has 0 unspecified atom stereocenters. The summed E-state index contributed by atoms with van der Waals surface area (Å²) in [7, 11) is 0. The molecule has 0 atom stereocenters. The van der Waals surface area contributed by atoms with Gasteiger partial charge in [0.1, 0.15) is 11.6 Å². The fourth-order valence-electron chi connectivity index (χ4n) is 3.86. The molecule has 31 heavy (non-hydrogen) atoms. The Bertz CT molecular complexity index is 1240. The van der Waals surface area contributed by atoms with Crippen LogP contribution in [0.4, 0.5) is 4.39 Å². The van der Waals surface area contributed by atoms with E-state index in [0.717, 1.165) is 28.4 Å². The second kappa shape index (κ2) is 8.55. The molecule has 0 radical (unpaired) electrons. The summed E-state index contributed by atoms with van der Waals surface area (Å²) in [6, 6.07) is 10.2. The van der Waals surface area contributed by atoms with Crippen molar-refractivity contribution in [2.45, 2.75) is 32.9 Å². The number of nitrogens with zero attached hydrogens (tertiary/aromatic N) is 3. The monoisotopic (exact) mass is 418 g/mol. The Morgan fingerprint density at radius 1 is 1.13 bits per heavy atom. The topological polar surface area (TPSA) is 80.0 Å². The number of halogens is 1. The van der Waals surface area contributed by atoms with Crippen molar-refractivity contribution in [2.24, 2.45) is 0 Å². The summed E-state index contributed by atoms with van der Waals surface area (Å²) in [5, 5.41) is 13.7. The first-order valence-corrected chi connectivity index (χ1v) is 10.1. The van der Waals surface area contributed by atoms with Gasteiger partial charge in [0.2, 0.25) is 0 Å². The smallest absolute Gasteiger partial charge is 0.254 e. The average Bonchev–Trinajstić information content (AvgIpc) is 3.06. The van der Waals surface area contributed by atoms with Crippen molar-refractivity contribution in [3.8, 4) is 5.75 Å². The van der Waals surface area contributed by atoms with Gasteiger partial charge in [0.05, 0.1) is 17.3 Å². The lowest BCUT2D eigenvalue weighted by Crippen LogP contribution is -2.24. The van der Waals surface area contributed by atoms with E-state index in [1.165, 1.54) is 12.3 Å². The van der Waals surface area contributed by atoms with Crippen LogP contribution in [-0.2, 0) is 13.1 Å². The molecule has 7 heteroatoms. The summed E-state index contributed by atoms with van der Waals surface area (Å²) in [6.07, 6.45) is 6.15. The third-order valence-electron chi connectivity index (χ3n) is 5.14. The number of nitrogens with one attached hydrogen (secondary N) is 1. The molecular formula is C24H23FN4O2. The number of aromatic hydroxyl groups is 1. The summed E-state index contributed by atoms with van der Waals surface area (Å²) < 4.78 is 15.5. The van der Waals surface area contributed by atoms with Crippen LogP contribution in [-0.4, -0.2) is 25.5 Å². The molecule has 3 aromatic heterocycles. The van der Waals surface area contributed by atoms with E-state index in [1.54, 1.807) is 30.6 Å². The van der Waals surface area contributed by atoms with Gasteiger partial charge in [-0.3, -0.25) is 14.8 Å². The zero-order chi connectivity index (χ0) is 22.0. The Labute approximate surface area is 179 Å². The number of rotatable bonds is 6.